The van der Waals surface area contributed by atoms with Gasteiger partial charge in [-0.1, -0.05) is 0 Å². The first kappa shape index (κ1) is 20.6. The molecule has 2 aliphatic rings. The summed E-state index contributed by atoms with van der Waals surface area (Å²) >= 11 is 0. The van der Waals surface area contributed by atoms with Crippen molar-refractivity contribution in [2.24, 2.45) is 0 Å². The second-order valence-electron chi connectivity index (χ2n) is 6.89. The topological polar surface area (TPSA) is 91.4 Å². The predicted octanol–water partition coefficient (Wildman–Crippen LogP) is 1.88. The van der Waals surface area contributed by atoms with Crippen molar-refractivity contribution in [3.05, 3.63) is 53.6 Å². The summed E-state index contributed by atoms with van der Waals surface area (Å²) in [6.07, 6.45) is 0.789. The summed E-state index contributed by atoms with van der Waals surface area (Å²) in [7, 11) is -3.53. The molecule has 0 atom stereocenters. The number of hydrogen-bond acceptors (Lipinski definition) is 7. The van der Waals surface area contributed by atoms with E-state index in [4.69, 9.17) is 18.9 Å². The second kappa shape index (κ2) is 9.03. The number of sulfonamides is 1. The van der Waals surface area contributed by atoms with Crippen LogP contribution in [0.5, 0.6) is 11.5 Å². The van der Waals surface area contributed by atoms with Gasteiger partial charge in [-0.05, 0) is 48.0 Å². The lowest BCUT2D eigenvalue weighted by atomic mass is 10.1. The molecule has 8 nitrogen and oxygen atoms in total. The van der Waals surface area contributed by atoms with Gasteiger partial charge in [-0.2, -0.15) is 4.31 Å². The summed E-state index contributed by atoms with van der Waals surface area (Å²) in [6.45, 7) is 2.38. The fourth-order valence-corrected chi connectivity index (χ4v) is 4.74. The number of rotatable bonds is 7. The normalized spacial score (nSPS) is 16.5. The molecule has 1 fully saturated rings. The molecule has 2 aromatic carbocycles. The summed E-state index contributed by atoms with van der Waals surface area (Å²) in [5.74, 6) is 0.899. The number of benzene rings is 2. The Hall–Kier alpha value is -2.62. The van der Waals surface area contributed by atoms with Crippen LogP contribution in [0, 0.1) is 0 Å². The zero-order valence-electron chi connectivity index (χ0n) is 16.4. The first-order valence-corrected chi connectivity index (χ1v) is 11.2. The van der Waals surface area contributed by atoms with Crippen LogP contribution < -0.4 is 9.47 Å². The third-order valence-corrected chi connectivity index (χ3v) is 6.85. The van der Waals surface area contributed by atoms with Crippen molar-refractivity contribution >= 4 is 16.0 Å². The molecule has 0 unspecified atom stereocenters. The van der Waals surface area contributed by atoms with E-state index in [1.54, 1.807) is 30.3 Å². The Morgan fingerprint density at radius 1 is 1.00 bits per heavy atom. The van der Waals surface area contributed by atoms with Gasteiger partial charge in [-0.3, -0.25) is 0 Å². The van der Waals surface area contributed by atoms with Crippen molar-refractivity contribution in [2.75, 3.05) is 46.1 Å². The Bertz CT molecular complexity index is 999. The molecule has 4 rings (SSSR count). The third-order valence-electron chi connectivity index (χ3n) is 4.94. The van der Waals surface area contributed by atoms with Crippen LogP contribution in [-0.4, -0.2) is 64.8 Å². The van der Waals surface area contributed by atoms with Gasteiger partial charge in [0.05, 0.1) is 30.3 Å². The molecule has 160 valence electrons. The monoisotopic (exact) mass is 433 g/mol. The molecule has 0 bridgehead atoms. The lowest BCUT2D eigenvalue weighted by Gasteiger charge is -2.26. The van der Waals surface area contributed by atoms with Gasteiger partial charge in [-0.25, -0.2) is 13.2 Å². The highest BCUT2D eigenvalue weighted by molar-refractivity contribution is 7.89. The van der Waals surface area contributed by atoms with E-state index < -0.39 is 16.0 Å². The van der Waals surface area contributed by atoms with Crippen molar-refractivity contribution in [3.63, 3.8) is 0 Å². The van der Waals surface area contributed by atoms with Crippen molar-refractivity contribution < 1.29 is 32.2 Å². The number of fused-ring (bicyclic) bond motifs is 1. The van der Waals surface area contributed by atoms with E-state index in [-0.39, 0.29) is 18.1 Å². The number of ether oxygens (including phenoxy) is 4. The van der Waals surface area contributed by atoms with Crippen molar-refractivity contribution in [1.29, 1.82) is 0 Å². The zero-order valence-corrected chi connectivity index (χ0v) is 17.2. The van der Waals surface area contributed by atoms with Crippen LogP contribution in [0.15, 0.2) is 47.4 Å². The minimum atomic E-state index is -3.53. The predicted molar refractivity (Wildman–Crippen MR) is 107 cm³/mol. The van der Waals surface area contributed by atoms with E-state index in [2.05, 4.69) is 0 Å². The Kier molecular flexibility index (Phi) is 6.21. The maximum Gasteiger partial charge on any atom is 0.338 e. The van der Waals surface area contributed by atoms with Gasteiger partial charge < -0.3 is 18.9 Å². The lowest BCUT2D eigenvalue weighted by molar-refractivity contribution is 0.0450. The summed E-state index contributed by atoms with van der Waals surface area (Å²) in [5.41, 5.74) is 1.49. The van der Waals surface area contributed by atoms with E-state index in [0.717, 1.165) is 17.7 Å². The van der Waals surface area contributed by atoms with E-state index in [1.807, 2.05) is 0 Å². The number of carbonyl (C=O) groups excluding carboxylic acids is 1. The van der Waals surface area contributed by atoms with Gasteiger partial charge in [-0.15, -0.1) is 0 Å². The van der Waals surface area contributed by atoms with E-state index >= 15 is 0 Å². The molecule has 0 spiro atoms. The number of morpholine rings is 1. The van der Waals surface area contributed by atoms with Gasteiger partial charge in [0.15, 0.2) is 0 Å². The zero-order chi connectivity index (χ0) is 21.0. The van der Waals surface area contributed by atoms with Gasteiger partial charge in [0, 0.05) is 19.5 Å². The van der Waals surface area contributed by atoms with E-state index in [0.29, 0.717) is 44.2 Å². The number of esters is 1. The summed E-state index contributed by atoms with van der Waals surface area (Å²) in [5, 5.41) is 0. The van der Waals surface area contributed by atoms with Gasteiger partial charge in [0.2, 0.25) is 10.0 Å². The highest BCUT2D eigenvalue weighted by Gasteiger charge is 2.26. The van der Waals surface area contributed by atoms with Crippen molar-refractivity contribution in [3.8, 4) is 11.5 Å². The molecule has 0 aromatic heterocycles. The number of hydrogen-bond donors (Lipinski definition) is 0. The fraction of sp³-hybridized carbons (Fsp3) is 0.381. The van der Waals surface area contributed by atoms with Gasteiger partial charge in [0.25, 0.3) is 0 Å². The van der Waals surface area contributed by atoms with E-state index in [1.165, 1.54) is 16.4 Å². The molecular weight excluding hydrogens is 410 g/mol. The molecule has 0 saturated carbocycles. The van der Waals surface area contributed by atoms with Crippen molar-refractivity contribution in [1.82, 2.24) is 4.31 Å². The molecule has 2 heterocycles. The Balaban J connectivity index is 1.26. The highest BCUT2D eigenvalue weighted by atomic mass is 32.2. The van der Waals surface area contributed by atoms with Crippen molar-refractivity contribution in [2.45, 2.75) is 11.3 Å². The Morgan fingerprint density at radius 3 is 2.53 bits per heavy atom. The standard InChI is InChI=1S/C21H23NO7S/c23-21(17-1-6-20-16(15-17)7-10-28-20)29-14-13-27-18-2-4-19(5-3-18)30(24,25)22-8-11-26-12-9-22/h1-6,15H,7-14H2. The highest BCUT2D eigenvalue weighted by Crippen LogP contribution is 2.26. The maximum atomic E-state index is 12.6. The largest absolute Gasteiger partial charge is 0.493 e. The van der Waals surface area contributed by atoms with Crippen LogP contribution >= 0.6 is 0 Å². The minimum Gasteiger partial charge on any atom is -0.493 e. The van der Waals surface area contributed by atoms with Crippen LogP contribution in [0.25, 0.3) is 0 Å². The van der Waals surface area contributed by atoms with E-state index in [9.17, 15) is 13.2 Å². The molecule has 2 aromatic rings. The van der Waals surface area contributed by atoms with Crippen LogP contribution in [-0.2, 0) is 25.9 Å². The van der Waals surface area contributed by atoms with Crippen LogP contribution in [0.2, 0.25) is 0 Å². The van der Waals surface area contributed by atoms with Crippen LogP contribution in [0.4, 0.5) is 0 Å². The maximum absolute atomic E-state index is 12.6. The Labute approximate surface area is 175 Å². The molecule has 0 amide bonds. The first-order chi connectivity index (χ1) is 14.5. The average Bonchev–Trinajstić information content (AvgIpc) is 3.25. The average molecular weight is 433 g/mol. The summed E-state index contributed by atoms with van der Waals surface area (Å²) < 4.78 is 48.1. The number of nitrogens with zero attached hydrogens (tertiary/aromatic N) is 1. The van der Waals surface area contributed by atoms with Gasteiger partial charge in [0.1, 0.15) is 24.7 Å². The second-order valence-corrected chi connectivity index (χ2v) is 8.83. The molecule has 0 N–H and O–H groups in total. The molecular formula is C21H23NO7S. The first-order valence-electron chi connectivity index (χ1n) is 9.78. The fourth-order valence-electron chi connectivity index (χ4n) is 3.33. The third kappa shape index (κ3) is 4.58. The molecule has 2 aliphatic heterocycles. The molecule has 9 heteroatoms. The lowest BCUT2D eigenvalue weighted by Crippen LogP contribution is -2.40. The molecule has 0 aliphatic carbocycles. The van der Waals surface area contributed by atoms with Crippen LogP contribution in [0.1, 0.15) is 15.9 Å². The number of carbonyl (C=O) groups is 1. The Morgan fingerprint density at radius 2 is 1.77 bits per heavy atom. The summed E-state index contributed by atoms with van der Waals surface area (Å²) in [6, 6.07) is 11.5. The molecule has 0 radical (unpaired) electrons. The quantitative estimate of drug-likeness (QED) is 0.486. The SMILES string of the molecule is O=C(OCCOc1ccc(S(=O)(=O)N2CCOCC2)cc1)c1ccc2c(c1)CCO2. The van der Waals surface area contributed by atoms with Gasteiger partial charge >= 0.3 is 5.97 Å². The summed E-state index contributed by atoms with van der Waals surface area (Å²) in [4.78, 5) is 12.4. The van der Waals surface area contributed by atoms with Crippen LogP contribution in [0.3, 0.4) is 0 Å². The smallest absolute Gasteiger partial charge is 0.338 e. The molecule has 1 saturated heterocycles. The molecule has 30 heavy (non-hydrogen) atoms. The minimum absolute atomic E-state index is 0.0836.